The molecule has 0 N–H and O–H groups in total. The molecule has 2 rings (SSSR count). The fourth-order valence-corrected chi connectivity index (χ4v) is 2.01. The number of benzene rings is 1. The molecule has 0 saturated heterocycles. The quantitative estimate of drug-likeness (QED) is 0.796. The summed E-state index contributed by atoms with van der Waals surface area (Å²) in [5.41, 5.74) is 0.380. The standard InChI is InChI=1S/C16H12F3N3O/c17-13-7-12(8-14(18)15(13)19)16(23)22(6-2-4-20)10-11-3-1-5-21-9-11/h1,3,5,7-9H,2,6,10H2. The van der Waals surface area contributed by atoms with Gasteiger partial charge in [0.15, 0.2) is 17.5 Å². The lowest BCUT2D eigenvalue weighted by molar-refractivity contribution is 0.0745. The van der Waals surface area contributed by atoms with E-state index in [0.29, 0.717) is 17.7 Å². The van der Waals surface area contributed by atoms with E-state index in [9.17, 15) is 18.0 Å². The summed E-state index contributed by atoms with van der Waals surface area (Å²) in [6.07, 6.45) is 3.16. The highest BCUT2D eigenvalue weighted by atomic mass is 19.2. The molecule has 1 aromatic carbocycles. The molecular weight excluding hydrogens is 307 g/mol. The molecule has 0 unspecified atom stereocenters. The van der Waals surface area contributed by atoms with Gasteiger partial charge < -0.3 is 4.90 Å². The van der Waals surface area contributed by atoms with Crippen LogP contribution >= 0.6 is 0 Å². The highest BCUT2D eigenvalue weighted by Crippen LogP contribution is 2.16. The van der Waals surface area contributed by atoms with E-state index in [1.165, 1.54) is 4.90 Å². The van der Waals surface area contributed by atoms with Crippen molar-refractivity contribution in [2.45, 2.75) is 13.0 Å². The first-order chi connectivity index (χ1) is 11.0. The fourth-order valence-electron chi connectivity index (χ4n) is 2.01. The molecule has 4 nitrogen and oxygen atoms in total. The fraction of sp³-hybridized carbons (Fsp3) is 0.188. The topological polar surface area (TPSA) is 57.0 Å². The number of hydrogen-bond donors (Lipinski definition) is 0. The van der Waals surface area contributed by atoms with E-state index in [-0.39, 0.29) is 25.1 Å². The number of aromatic nitrogens is 1. The Morgan fingerprint density at radius 3 is 2.52 bits per heavy atom. The lowest BCUT2D eigenvalue weighted by Gasteiger charge is -2.22. The molecule has 2 aromatic rings. The predicted octanol–water partition coefficient (Wildman–Crippen LogP) is 3.05. The molecule has 0 aliphatic rings. The third kappa shape index (κ3) is 4.07. The number of amides is 1. The van der Waals surface area contributed by atoms with Crippen molar-refractivity contribution in [3.05, 3.63) is 65.2 Å². The number of nitrogens with zero attached hydrogens (tertiary/aromatic N) is 3. The number of rotatable bonds is 5. The summed E-state index contributed by atoms with van der Waals surface area (Å²) in [4.78, 5) is 17.6. The minimum atomic E-state index is -1.63. The summed E-state index contributed by atoms with van der Waals surface area (Å²) < 4.78 is 39.6. The number of carbonyl (C=O) groups is 1. The van der Waals surface area contributed by atoms with Crippen molar-refractivity contribution in [3.63, 3.8) is 0 Å². The van der Waals surface area contributed by atoms with Gasteiger partial charge in [-0.3, -0.25) is 9.78 Å². The average Bonchev–Trinajstić information content (AvgIpc) is 2.56. The Hall–Kier alpha value is -2.88. The SMILES string of the molecule is N#CCCN(Cc1cccnc1)C(=O)c1cc(F)c(F)c(F)c1. The van der Waals surface area contributed by atoms with E-state index in [4.69, 9.17) is 5.26 Å². The van der Waals surface area contributed by atoms with Gasteiger partial charge in [-0.1, -0.05) is 6.07 Å². The summed E-state index contributed by atoms with van der Waals surface area (Å²) in [5, 5.41) is 8.69. The number of halogens is 3. The normalized spacial score (nSPS) is 10.2. The van der Waals surface area contributed by atoms with Gasteiger partial charge in [-0.05, 0) is 23.8 Å². The van der Waals surface area contributed by atoms with E-state index >= 15 is 0 Å². The van der Waals surface area contributed by atoms with Gasteiger partial charge in [-0.15, -0.1) is 0 Å². The Balaban J connectivity index is 2.28. The van der Waals surface area contributed by atoms with E-state index in [2.05, 4.69) is 4.98 Å². The number of carbonyl (C=O) groups excluding carboxylic acids is 1. The highest BCUT2D eigenvalue weighted by molar-refractivity contribution is 5.94. The maximum atomic E-state index is 13.3. The van der Waals surface area contributed by atoms with Gasteiger partial charge in [0.1, 0.15) is 0 Å². The second-order valence-corrected chi connectivity index (χ2v) is 4.75. The van der Waals surface area contributed by atoms with Gasteiger partial charge in [-0.2, -0.15) is 5.26 Å². The molecule has 0 aliphatic heterocycles. The molecule has 0 atom stereocenters. The smallest absolute Gasteiger partial charge is 0.254 e. The Kier molecular flexibility index (Phi) is 5.31. The zero-order chi connectivity index (χ0) is 16.8. The molecule has 1 amide bonds. The Bertz CT molecular complexity index is 721. The second kappa shape index (κ2) is 7.40. The van der Waals surface area contributed by atoms with Crippen molar-refractivity contribution in [2.75, 3.05) is 6.54 Å². The van der Waals surface area contributed by atoms with Crippen LogP contribution in [0.4, 0.5) is 13.2 Å². The van der Waals surface area contributed by atoms with Crippen LogP contribution in [-0.4, -0.2) is 22.3 Å². The molecular formula is C16H12F3N3O. The second-order valence-electron chi connectivity index (χ2n) is 4.75. The number of pyridine rings is 1. The Labute approximate surface area is 130 Å². The predicted molar refractivity (Wildman–Crippen MR) is 75.5 cm³/mol. The van der Waals surface area contributed by atoms with E-state index < -0.39 is 23.4 Å². The Morgan fingerprint density at radius 2 is 1.96 bits per heavy atom. The van der Waals surface area contributed by atoms with E-state index in [0.717, 1.165) is 0 Å². The lowest BCUT2D eigenvalue weighted by Crippen LogP contribution is -2.31. The first kappa shape index (κ1) is 16.5. The molecule has 0 aliphatic carbocycles. The van der Waals surface area contributed by atoms with Gasteiger partial charge in [0.25, 0.3) is 5.91 Å². The van der Waals surface area contributed by atoms with Crippen LogP contribution in [-0.2, 0) is 6.54 Å². The van der Waals surface area contributed by atoms with Gasteiger partial charge in [0.05, 0.1) is 12.5 Å². The van der Waals surface area contributed by atoms with Crippen LogP contribution in [0.25, 0.3) is 0 Å². The third-order valence-corrected chi connectivity index (χ3v) is 3.11. The van der Waals surface area contributed by atoms with Crippen molar-refractivity contribution in [3.8, 4) is 6.07 Å². The van der Waals surface area contributed by atoms with Crippen molar-refractivity contribution >= 4 is 5.91 Å². The van der Waals surface area contributed by atoms with Crippen LogP contribution in [0, 0.1) is 28.8 Å². The molecule has 1 aromatic heterocycles. The molecule has 118 valence electrons. The molecule has 0 fully saturated rings. The van der Waals surface area contributed by atoms with Gasteiger partial charge >= 0.3 is 0 Å². The van der Waals surface area contributed by atoms with Crippen molar-refractivity contribution < 1.29 is 18.0 Å². The van der Waals surface area contributed by atoms with Gasteiger partial charge in [0, 0.05) is 31.0 Å². The van der Waals surface area contributed by atoms with E-state index in [1.807, 2.05) is 6.07 Å². The molecule has 7 heteroatoms. The van der Waals surface area contributed by atoms with Crippen LogP contribution in [0.1, 0.15) is 22.3 Å². The maximum absolute atomic E-state index is 13.3. The largest absolute Gasteiger partial charge is 0.333 e. The van der Waals surface area contributed by atoms with Crippen molar-refractivity contribution in [2.24, 2.45) is 0 Å². The van der Waals surface area contributed by atoms with Gasteiger partial charge in [0.2, 0.25) is 0 Å². The van der Waals surface area contributed by atoms with E-state index in [1.54, 1.807) is 24.5 Å². The molecule has 1 heterocycles. The number of nitriles is 1. The zero-order valence-electron chi connectivity index (χ0n) is 12.0. The summed E-state index contributed by atoms with van der Waals surface area (Å²) in [5.74, 6) is -5.19. The number of hydrogen-bond acceptors (Lipinski definition) is 3. The minimum Gasteiger partial charge on any atom is -0.333 e. The monoisotopic (exact) mass is 319 g/mol. The third-order valence-electron chi connectivity index (χ3n) is 3.11. The summed E-state index contributed by atoms with van der Waals surface area (Å²) >= 11 is 0. The molecule has 0 spiro atoms. The summed E-state index contributed by atoms with van der Waals surface area (Å²) in [6, 6.07) is 6.60. The zero-order valence-corrected chi connectivity index (χ0v) is 12.0. The molecule has 0 saturated carbocycles. The van der Waals surface area contributed by atoms with Crippen LogP contribution in [0.5, 0.6) is 0 Å². The van der Waals surface area contributed by atoms with Gasteiger partial charge in [-0.25, -0.2) is 13.2 Å². The maximum Gasteiger partial charge on any atom is 0.254 e. The van der Waals surface area contributed by atoms with Crippen LogP contribution < -0.4 is 0 Å². The van der Waals surface area contributed by atoms with Crippen molar-refractivity contribution in [1.82, 2.24) is 9.88 Å². The van der Waals surface area contributed by atoms with Crippen molar-refractivity contribution in [1.29, 1.82) is 5.26 Å². The molecule has 0 radical (unpaired) electrons. The van der Waals surface area contributed by atoms with Crippen LogP contribution in [0.2, 0.25) is 0 Å². The molecule has 23 heavy (non-hydrogen) atoms. The summed E-state index contributed by atoms with van der Waals surface area (Å²) in [6.45, 7) is 0.194. The lowest BCUT2D eigenvalue weighted by atomic mass is 10.1. The van der Waals surface area contributed by atoms with Crippen LogP contribution in [0.15, 0.2) is 36.7 Å². The first-order valence-corrected chi connectivity index (χ1v) is 6.72. The average molecular weight is 319 g/mol. The minimum absolute atomic E-state index is 0.0537. The van der Waals surface area contributed by atoms with Crippen LogP contribution in [0.3, 0.4) is 0 Å². The molecule has 0 bridgehead atoms. The first-order valence-electron chi connectivity index (χ1n) is 6.72. The Morgan fingerprint density at radius 1 is 1.26 bits per heavy atom. The highest BCUT2D eigenvalue weighted by Gasteiger charge is 2.20. The summed E-state index contributed by atoms with van der Waals surface area (Å²) in [7, 11) is 0.